The molecule has 0 unspecified atom stereocenters. The van der Waals surface area contributed by atoms with E-state index in [0.29, 0.717) is 19.6 Å². The molecule has 1 amide bonds. The van der Waals surface area contributed by atoms with E-state index in [0.717, 1.165) is 24.2 Å². The Morgan fingerprint density at radius 1 is 1.13 bits per heavy atom. The molecule has 0 spiro atoms. The molecule has 0 saturated carbocycles. The summed E-state index contributed by atoms with van der Waals surface area (Å²) in [5, 5.41) is 6.20. The monoisotopic (exact) mass is 424 g/mol. The fourth-order valence-corrected chi connectivity index (χ4v) is 4.58. The molecule has 156 valence electrons. The zero-order valence-electron chi connectivity index (χ0n) is 16.9. The summed E-state index contributed by atoms with van der Waals surface area (Å²) in [7, 11) is 1.98. The number of likely N-dealkylation sites (N-methyl/N-ethyl adjacent to an activating group) is 1. The van der Waals surface area contributed by atoms with Gasteiger partial charge in [-0.05, 0) is 48.3 Å². The van der Waals surface area contributed by atoms with Crippen LogP contribution in [0.3, 0.4) is 0 Å². The van der Waals surface area contributed by atoms with Gasteiger partial charge >= 0.3 is 0 Å². The van der Waals surface area contributed by atoms with Gasteiger partial charge in [0.25, 0.3) is 0 Å². The highest BCUT2D eigenvalue weighted by Gasteiger charge is 2.38. The molecule has 3 aromatic rings. The summed E-state index contributed by atoms with van der Waals surface area (Å²) < 4.78 is 17.4. The number of amides is 1. The van der Waals surface area contributed by atoms with Gasteiger partial charge in [-0.3, -0.25) is 9.69 Å². The summed E-state index contributed by atoms with van der Waals surface area (Å²) in [4.78, 5) is 17.0. The highest BCUT2D eigenvalue weighted by Crippen LogP contribution is 2.39. The van der Waals surface area contributed by atoms with Crippen molar-refractivity contribution >= 4 is 17.4 Å². The van der Waals surface area contributed by atoms with Crippen molar-refractivity contribution < 1.29 is 9.18 Å². The van der Waals surface area contributed by atoms with Gasteiger partial charge in [-0.25, -0.2) is 4.39 Å². The number of rotatable bonds is 7. The molecule has 0 bridgehead atoms. The molecular formula is C23H25FN4OS. The first kappa shape index (κ1) is 20.6. The highest BCUT2D eigenvalue weighted by molar-refractivity contribution is 7.03. The molecule has 1 aromatic heterocycles. The molecule has 7 heteroatoms. The first-order valence-corrected chi connectivity index (χ1v) is 11.0. The Labute approximate surface area is 180 Å². The van der Waals surface area contributed by atoms with E-state index in [2.05, 4.69) is 26.6 Å². The SMILES string of the molecule is CN(CCc1ccccc1)CC(=O)N1C[C@@H](c2ccc(F)cc2)[C@H](c2csnn2)C1. The molecule has 4 rings (SSSR count). The Morgan fingerprint density at radius 3 is 2.57 bits per heavy atom. The number of carbonyl (C=O) groups excluding carboxylic acids is 1. The minimum atomic E-state index is -0.253. The molecular weight excluding hydrogens is 399 g/mol. The smallest absolute Gasteiger partial charge is 0.236 e. The minimum absolute atomic E-state index is 0.0767. The summed E-state index contributed by atoms with van der Waals surface area (Å²) in [5.41, 5.74) is 3.20. The van der Waals surface area contributed by atoms with Crippen LogP contribution in [0.25, 0.3) is 0 Å². The van der Waals surface area contributed by atoms with E-state index in [1.807, 2.05) is 47.7 Å². The maximum Gasteiger partial charge on any atom is 0.236 e. The third-order valence-corrected chi connectivity index (χ3v) is 6.28. The second-order valence-corrected chi connectivity index (χ2v) is 8.48. The van der Waals surface area contributed by atoms with E-state index in [9.17, 15) is 9.18 Å². The van der Waals surface area contributed by atoms with Gasteiger partial charge in [0.05, 0.1) is 12.2 Å². The number of hydrogen-bond donors (Lipinski definition) is 0. The van der Waals surface area contributed by atoms with Crippen molar-refractivity contribution in [2.24, 2.45) is 0 Å². The first-order valence-electron chi connectivity index (χ1n) is 10.1. The standard InChI is InChI=1S/C23H25FN4OS/c1-27(12-11-17-5-3-2-4-6-17)15-23(29)28-13-20(18-7-9-19(24)10-8-18)21(14-28)22-16-30-26-25-22/h2-10,16,20-21H,11-15H2,1H3/t20-,21+/m0/s1. The maximum atomic E-state index is 13.4. The lowest BCUT2D eigenvalue weighted by Gasteiger charge is -2.21. The van der Waals surface area contributed by atoms with Crippen LogP contribution in [0.5, 0.6) is 0 Å². The molecule has 0 radical (unpaired) electrons. The quantitative estimate of drug-likeness (QED) is 0.582. The number of carbonyl (C=O) groups is 1. The van der Waals surface area contributed by atoms with Gasteiger partial charge in [-0.15, -0.1) is 5.10 Å². The molecule has 1 saturated heterocycles. The summed E-state index contributed by atoms with van der Waals surface area (Å²) in [6.45, 7) is 2.42. The van der Waals surface area contributed by atoms with Gasteiger partial charge in [0.15, 0.2) is 0 Å². The van der Waals surface area contributed by atoms with Crippen LogP contribution in [-0.4, -0.2) is 58.5 Å². The molecule has 1 aliphatic rings. The van der Waals surface area contributed by atoms with E-state index in [1.54, 1.807) is 0 Å². The van der Waals surface area contributed by atoms with Crippen molar-refractivity contribution in [1.29, 1.82) is 0 Å². The number of nitrogens with zero attached hydrogens (tertiary/aromatic N) is 4. The predicted molar refractivity (Wildman–Crippen MR) is 116 cm³/mol. The normalized spacial score (nSPS) is 18.8. The molecule has 0 aliphatic carbocycles. The molecule has 5 nitrogen and oxygen atoms in total. The Kier molecular flexibility index (Phi) is 6.50. The second-order valence-electron chi connectivity index (χ2n) is 7.87. The number of hydrogen-bond acceptors (Lipinski definition) is 5. The largest absolute Gasteiger partial charge is 0.340 e. The van der Waals surface area contributed by atoms with Crippen LogP contribution in [0.2, 0.25) is 0 Å². The molecule has 1 fully saturated rings. The lowest BCUT2D eigenvalue weighted by atomic mass is 9.87. The van der Waals surface area contributed by atoms with Gasteiger partial charge in [0, 0.05) is 36.9 Å². The lowest BCUT2D eigenvalue weighted by molar-refractivity contribution is -0.131. The Hall–Kier alpha value is -2.64. The maximum absolute atomic E-state index is 13.4. The van der Waals surface area contributed by atoms with E-state index in [-0.39, 0.29) is 23.6 Å². The fourth-order valence-electron chi connectivity index (χ4n) is 4.06. The summed E-state index contributed by atoms with van der Waals surface area (Å²) >= 11 is 1.32. The average Bonchev–Trinajstić information content (AvgIpc) is 3.43. The van der Waals surface area contributed by atoms with Gasteiger partial charge in [-0.1, -0.05) is 47.0 Å². The molecule has 0 N–H and O–H groups in total. The van der Waals surface area contributed by atoms with Crippen LogP contribution in [0, 0.1) is 5.82 Å². The minimum Gasteiger partial charge on any atom is -0.340 e. The van der Waals surface area contributed by atoms with Crippen LogP contribution < -0.4 is 0 Å². The number of benzene rings is 2. The van der Waals surface area contributed by atoms with Crippen molar-refractivity contribution in [2.45, 2.75) is 18.3 Å². The molecule has 2 aromatic carbocycles. The van der Waals surface area contributed by atoms with Crippen LogP contribution in [0.1, 0.15) is 28.7 Å². The van der Waals surface area contributed by atoms with Crippen molar-refractivity contribution in [3.8, 4) is 0 Å². The van der Waals surface area contributed by atoms with Crippen LogP contribution >= 0.6 is 11.5 Å². The number of likely N-dealkylation sites (tertiary alicyclic amines) is 1. The molecule has 2 heterocycles. The van der Waals surface area contributed by atoms with Crippen molar-refractivity contribution in [2.75, 3.05) is 33.2 Å². The Balaban J connectivity index is 1.41. The summed E-state index contributed by atoms with van der Waals surface area (Å²) in [6.07, 6.45) is 0.913. The van der Waals surface area contributed by atoms with Gasteiger partial charge < -0.3 is 4.90 Å². The van der Waals surface area contributed by atoms with E-state index < -0.39 is 0 Å². The van der Waals surface area contributed by atoms with Gasteiger partial charge in [-0.2, -0.15) is 0 Å². The number of aromatic nitrogens is 2. The van der Waals surface area contributed by atoms with Crippen molar-refractivity contribution in [1.82, 2.24) is 19.4 Å². The zero-order valence-corrected chi connectivity index (χ0v) is 17.8. The van der Waals surface area contributed by atoms with Crippen molar-refractivity contribution in [3.63, 3.8) is 0 Å². The topological polar surface area (TPSA) is 49.3 Å². The Bertz CT molecular complexity index is 949. The van der Waals surface area contributed by atoms with Crippen LogP contribution in [0.15, 0.2) is 60.0 Å². The first-order chi connectivity index (χ1) is 14.6. The van der Waals surface area contributed by atoms with E-state index in [4.69, 9.17) is 0 Å². The van der Waals surface area contributed by atoms with Crippen LogP contribution in [0.4, 0.5) is 4.39 Å². The van der Waals surface area contributed by atoms with Gasteiger partial charge in [0.1, 0.15) is 5.82 Å². The van der Waals surface area contributed by atoms with E-state index in [1.165, 1.54) is 29.2 Å². The fraction of sp³-hybridized carbons (Fsp3) is 0.348. The lowest BCUT2D eigenvalue weighted by Crippen LogP contribution is -2.38. The molecule has 30 heavy (non-hydrogen) atoms. The van der Waals surface area contributed by atoms with Gasteiger partial charge in [0.2, 0.25) is 5.91 Å². The number of halogens is 1. The third-order valence-electron chi connectivity index (χ3n) is 5.76. The molecule has 1 aliphatic heterocycles. The second kappa shape index (κ2) is 9.45. The van der Waals surface area contributed by atoms with Crippen LogP contribution in [-0.2, 0) is 11.2 Å². The third kappa shape index (κ3) is 4.91. The summed E-state index contributed by atoms with van der Waals surface area (Å²) in [5.74, 6) is 0.0285. The molecule has 2 atom stereocenters. The van der Waals surface area contributed by atoms with E-state index >= 15 is 0 Å². The summed E-state index contributed by atoms with van der Waals surface area (Å²) in [6, 6.07) is 16.9. The average molecular weight is 425 g/mol. The highest BCUT2D eigenvalue weighted by atomic mass is 32.1. The predicted octanol–water partition coefficient (Wildman–Crippen LogP) is 3.56. The zero-order chi connectivity index (χ0) is 20.9. The van der Waals surface area contributed by atoms with Crippen molar-refractivity contribution in [3.05, 3.63) is 82.6 Å². The Morgan fingerprint density at radius 2 is 1.87 bits per heavy atom.